The molecule has 0 atom stereocenters. The van der Waals surface area contributed by atoms with E-state index in [2.05, 4.69) is 19.2 Å². The van der Waals surface area contributed by atoms with E-state index in [-0.39, 0.29) is 5.91 Å². The predicted octanol–water partition coefficient (Wildman–Crippen LogP) is 1.55. The highest BCUT2D eigenvalue weighted by molar-refractivity contribution is 6.35. The monoisotopic (exact) mass is 240 g/mol. The first-order valence-electron chi connectivity index (χ1n) is 6.72. The van der Waals surface area contributed by atoms with E-state index in [0.717, 1.165) is 45.2 Å². The fourth-order valence-electron chi connectivity index (χ4n) is 2.01. The summed E-state index contributed by atoms with van der Waals surface area (Å²) < 4.78 is 0. The summed E-state index contributed by atoms with van der Waals surface area (Å²) in [5.74, 6) is -0.115. The summed E-state index contributed by atoms with van der Waals surface area (Å²) in [7, 11) is 0. The molecular weight excluding hydrogens is 216 g/mol. The van der Waals surface area contributed by atoms with E-state index in [1.54, 1.807) is 4.90 Å². The van der Waals surface area contributed by atoms with Crippen LogP contribution in [-0.2, 0) is 9.59 Å². The highest BCUT2D eigenvalue weighted by Crippen LogP contribution is 2.15. The normalized spacial score (nSPS) is 16.9. The molecule has 0 bridgehead atoms. The zero-order valence-corrected chi connectivity index (χ0v) is 11.0. The third-order valence-electron chi connectivity index (χ3n) is 3.33. The van der Waals surface area contributed by atoms with Crippen molar-refractivity contribution in [1.29, 1.82) is 0 Å². The Kier molecular flexibility index (Phi) is 6.01. The number of carbonyl (C=O) groups excluding carboxylic acids is 2. The highest BCUT2D eigenvalue weighted by atomic mass is 16.2. The van der Waals surface area contributed by atoms with Gasteiger partial charge in [0.15, 0.2) is 0 Å². The van der Waals surface area contributed by atoms with Crippen LogP contribution in [0.4, 0.5) is 0 Å². The molecule has 1 saturated heterocycles. The number of hydrogen-bond donors (Lipinski definition) is 1. The average molecular weight is 240 g/mol. The van der Waals surface area contributed by atoms with E-state index in [4.69, 9.17) is 0 Å². The van der Waals surface area contributed by atoms with Crippen LogP contribution >= 0.6 is 0 Å². The van der Waals surface area contributed by atoms with Gasteiger partial charge in [0, 0.05) is 19.6 Å². The first-order chi connectivity index (χ1) is 8.15. The van der Waals surface area contributed by atoms with Crippen molar-refractivity contribution < 1.29 is 9.59 Å². The summed E-state index contributed by atoms with van der Waals surface area (Å²) in [4.78, 5) is 25.0. The van der Waals surface area contributed by atoms with Gasteiger partial charge in [-0.3, -0.25) is 9.59 Å². The molecule has 0 aromatic heterocycles. The third kappa shape index (κ3) is 4.75. The number of piperidine rings is 1. The van der Waals surface area contributed by atoms with E-state index in [1.807, 2.05) is 0 Å². The van der Waals surface area contributed by atoms with Gasteiger partial charge in [-0.2, -0.15) is 0 Å². The molecule has 0 radical (unpaired) electrons. The van der Waals surface area contributed by atoms with Crippen molar-refractivity contribution in [3.63, 3.8) is 0 Å². The molecule has 1 aliphatic rings. The average Bonchev–Trinajstić information content (AvgIpc) is 2.34. The Morgan fingerprint density at radius 2 is 1.88 bits per heavy atom. The van der Waals surface area contributed by atoms with Crippen molar-refractivity contribution in [2.24, 2.45) is 5.92 Å². The Hall–Kier alpha value is -1.06. The molecule has 0 saturated carbocycles. The Balaban J connectivity index is 2.24. The second kappa shape index (κ2) is 7.30. The standard InChI is InChI=1S/C13H24N2O2/c1-3-4-5-8-14-12(16)13(17)15-9-6-11(2)7-10-15/h11H,3-10H2,1-2H3,(H,14,16). The molecule has 0 aromatic rings. The zero-order valence-electron chi connectivity index (χ0n) is 11.0. The van der Waals surface area contributed by atoms with Crippen LogP contribution in [0.25, 0.3) is 0 Å². The molecule has 4 nitrogen and oxygen atoms in total. The van der Waals surface area contributed by atoms with Crippen LogP contribution in [0.3, 0.4) is 0 Å². The number of likely N-dealkylation sites (tertiary alicyclic amines) is 1. The Labute approximate surface area is 104 Å². The predicted molar refractivity (Wildman–Crippen MR) is 67.5 cm³/mol. The van der Waals surface area contributed by atoms with Crippen LogP contribution in [-0.4, -0.2) is 36.3 Å². The molecule has 0 aromatic carbocycles. The zero-order chi connectivity index (χ0) is 12.7. The summed E-state index contributed by atoms with van der Waals surface area (Å²) in [6, 6.07) is 0. The number of unbranched alkanes of at least 4 members (excludes halogenated alkanes) is 2. The van der Waals surface area contributed by atoms with Gasteiger partial charge >= 0.3 is 11.8 Å². The molecule has 1 fully saturated rings. The number of hydrogen-bond acceptors (Lipinski definition) is 2. The van der Waals surface area contributed by atoms with Crippen LogP contribution in [0.2, 0.25) is 0 Å². The van der Waals surface area contributed by atoms with Crippen LogP contribution in [0.1, 0.15) is 46.0 Å². The molecule has 1 aliphatic heterocycles. The van der Waals surface area contributed by atoms with E-state index >= 15 is 0 Å². The van der Waals surface area contributed by atoms with Gasteiger partial charge in [-0.25, -0.2) is 0 Å². The van der Waals surface area contributed by atoms with Gasteiger partial charge in [0.1, 0.15) is 0 Å². The molecule has 0 aliphatic carbocycles. The molecule has 1 rings (SSSR count). The molecule has 0 spiro atoms. The lowest BCUT2D eigenvalue weighted by Gasteiger charge is -2.29. The molecule has 17 heavy (non-hydrogen) atoms. The van der Waals surface area contributed by atoms with Gasteiger partial charge in [-0.1, -0.05) is 26.7 Å². The minimum atomic E-state index is -0.435. The Morgan fingerprint density at radius 1 is 1.24 bits per heavy atom. The van der Waals surface area contributed by atoms with Crippen LogP contribution in [0, 0.1) is 5.92 Å². The number of nitrogens with one attached hydrogen (secondary N) is 1. The lowest BCUT2D eigenvalue weighted by molar-refractivity contribution is -0.146. The van der Waals surface area contributed by atoms with E-state index in [1.165, 1.54) is 0 Å². The van der Waals surface area contributed by atoms with Crippen molar-refractivity contribution in [3.8, 4) is 0 Å². The van der Waals surface area contributed by atoms with Crippen molar-refractivity contribution in [3.05, 3.63) is 0 Å². The summed E-state index contributed by atoms with van der Waals surface area (Å²) in [5.41, 5.74) is 0. The maximum Gasteiger partial charge on any atom is 0.311 e. The number of rotatable bonds is 4. The van der Waals surface area contributed by atoms with E-state index in [0.29, 0.717) is 12.5 Å². The molecule has 0 unspecified atom stereocenters. The highest BCUT2D eigenvalue weighted by Gasteiger charge is 2.24. The quantitative estimate of drug-likeness (QED) is 0.599. The van der Waals surface area contributed by atoms with Gasteiger partial charge in [0.25, 0.3) is 0 Å². The van der Waals surface area contributed by atoms with Gasteiger partial charge < -0.3 is 10.2 Å². The van der Waals surface area contributed by atoms with Crippen LogP contribution in [0.5, 0.6) is 0 Å². The van der Waals surface area contributed by atoms with Gasteiger partial charge in [-0.15, -0.1) is 0 Å². The summed E-state index contributed by atoms with van der Waals surface area (Å²) in [5, 5.41) is 2.70. The lowest BCUT2D eigenvalue weighted by Crippen LogP contribution is -2.46. The lowest BCUT2D eigenvalue weighted by atomic mass is 9.99. The van der Waals surface area contributed by atoms with Crippen molar-refractivity contribution >= 4 is 11.8 Å². The maximum atomic E-state index is 11.8. The Morgan fingerprint density at radius 3 is 2.47 bits per heavy atom. The number of carbonyl (C=O) groups is 2. The summed E-state index contributed by atoms with van der Waals surface area (Å²) >= 11 is 0. The van der Waals surface area contributed by atoms with Crippen LogP contribution in [0.15, 0.2) is 0 Å². The fraction of sp³-hybridized carbons (Fsp3) is 0.846. The van der Waals surface area contributed by atoms with Crippen molar-refractivity contribution in [1.82, 2.24) is 10.2 Å². The topological polar surface area (TPSA) is 49.4 Å². The van der Waals surface area contributed by atoms with E-state index in [9.17, 15) is 9.59 Å². The van der Waals surface area contributed by atoms with Gasteiger partial charge in [0.05, 0.1) is 0 Å². The third-order valence-corrected chi connectivity index (χ3v) is 3.33. The van der Waals surface area contributed by atoms with Crippen LogP contribution < -0.4 is 5.32 Å². The first-order valence-corrected chi connectivity index (χ1v) is 6.72. The first kappa shape index (κ1) is 14.0. The smallest absolute Gasteiger partial charge is 0.311 e. The summed E-state index contributed by atoms with van der Waals surface area (Å²) in [6.07, 6.45) is 5.18. The largest absolute Gasteiger partial charge is 0.348 e. The molecule has 4 heteroatoms. The fourth-order valence-corrected chi connectivity index (χ4v) is 2.01. The SMILES string of the molecule is CCCCCNC(=O)C(=O)N1CCC(C)CC1. The second-order valence-electron chi connectivity index (χ2n) is 4.94. The maximum absolute atomic E-state index is 11.8. The van der Waals surface area contributed by atoms with Crippen molar-refractivity contribution in [2.45, 2.75) is 46.0 Å². The number of amides is 2. The van der Waals surface area contributed by atoms with E-state index < -0.39 is 5.91 Å². The molecule has 1 heterocycles. The van der Waals surface area contributed by atoms with Crippen molar-refractivity contribution in [2.75, 3.05) is 19.6 Å². The van der Waals surface area contributed by atoms with Gasteiger partial charge in [-0.05, 0) is 25.2 Å². The second-order valence-corrected chi connectivity index (χ2v) is 4.94. The number of nitrogens with zero attached hydrogens (tertiary/aromatic N) is 1. The summed E-state index contributed by atoms with van der Waals surface area (Å²) in [6.45, 7) is 6.36. The molecule has 98 valence electrons. The minimum Gasteiger partial charge on any atom is -0.348 e. The molecular formula is C13H24N2O2. The molecule has 1 N–H and O–H groups in total. The Bertz CT molecular complexity index is 258. The minimum absolute atomic E-state index is 0.353. The molecule has 2 amide bonds. The van der Waals surface area contributed by atoms with Gasteiger partial charge in [0.2, 0.25) is 0 Å².